The van der Waals surface area contributed by atoms with Crippen molar-refractivity contribution in [2.45, 2.75) is 32.7 Å². The molecule has 1 aromatic heterocycles. The molecule has 0 saturated carbocycles. The highest BCUT2D eigenvalue weighted by atomic mass is 16.2. The lowest BCUT2D eigenvalue weighted by Crippen LogP contribution is -2.51. The first-order chi connectivity index (χ1) is 6.50. The third-order valence-electron chi connectivity index (χ3n) is 2.67. The van der Waals surface area contributed by atoms with E-state index in [1.54, 1.807) is 4.57 Å². The molecule has 0 unspecified atom stereocenters. The van der Waals surface area contributed by atoms with Crippen molar-refractivity contribution >= 4 is 6.03 Å². The van der Waals surface area contributed by atoms with Gasteiger partial charge in [-0.25, -0.2) is 4.79 Å². The monoisotopic (exact) mass is 192 g/mol. The summed E-state index contributed by atoms with van der Waals surface area (Å²) in [6, 6.07) is 4.04. The quantitative estimate of drug-likeness (QED) is 0.618. The highest BCUT2D eigenvalue weighted by Gasteiger charge is 2.31. The molecule has 1 aliphatic rings. The number of carbonyl (C=O) groups is 1. The van der Waals surface area contributed by atoms with E-state index in [1.165, 1.54) is 0 Å². The largest absolute Gasteiger partial charge is 0.328 e. The SMILES string of the molecule is CC(C)(C)N1CCc2cccn2C1=O. The van der Waals surface area contributed by atoms with E-state index in [2.05, 4.69) is 20.8 Å². The third-order valence-corrected chi connectivity index (χ3v) is 2.67. The third kappa shape index (κ3) is 1.33. The summed E-state index contributed by atoms with van der Waals surface area (Å²) >= 11 is 0. The first-order valence-corrected chi connectivity index (χ1v) is 4.98. The minimum atomic E-state index is -0.0843. The fourth-order valence-electron chi connectivity index (χ4n) is 1.88. The summed E-state index contributed by atoms with van der Waals surface area (Å²) in [5, 5.41) is 0. The van der Waals surface area contributed by atoms with Crippen molar-refractivity contribution < 1.29 is 4.79 Å². The van der Waals surface area contributed by atoms with E-state index in [4.69, 9.17) is 0 Å². The number of nitrogens with zero attached hydrogens (tertiary/aromatic N) is 2. The number of carbonyl (C=O) groups excluding carboxylic acids is 1. The summed E-state index contributed by atoms with van der Waals surface area (Å²) in [7, 11) is 0. The first-order valence-electron chi connectivity index (χ1n) is 4.98. The van der Waals surface area contributed by atoms with Gasteiger partial charge in [0, 0.05) is 30.4 Å². The topological polar surface area (TPSA) is 25.2 Å². The molecule has 0 saturated heterocycles. The Morgan fingerprint density at radius 1 is 1.36 bits per heavy atom. The lowest BCUT2D eigenvalue weighted by atomic mass is 10.0. The molecule has 1 aliphatic heterocycles. The van der Waals surface area contributed by atoms with Gasteiger partial charge in [-0.3, -0.25) is 4.57 Å². The Labute approximate surface area is 84.3 Å². The van der Waals surface area contributed by atoms with Gasteiger partial charge in [0.05, 0.1) is 0 Å². The van der Waals surface area contributed by atoms with Crippen LogP contribution >= 0.6 is 0 Å². The maximum atomic E-state index is 12.0. The second-order valence-corrected chi connectivity index (χ2v) is 4.72. The predicted molar refractivity (Wildman–Crippen MR) is 55.4 cm³/mol. The zero-order valence-electron chi connectivity index (χ0n) is 8.95. The smallest absolute Gasteiger partial charge is 0.319 e. The maximum absolute atomic E-state index is 12.0. The van der Waals surface area contributed by atoms with Crippen molar-refractivity contribution in [3.8, 4) is 0 Å². The van der Waals surface area contributed by atoms with Gasteiger partial charge in [0.1, 0.15) is 0 Å². The van der Waals surface area contributed by atoms with Gasteiger partial charge in [-0.1, -0.05) is 0 Å². The van der Waals surface area contributed by atoms with Crippen LogP contribution in [0.25, 0.3) is 0 Å². The van der Waals surface area contributed by atoms with Gasteiger partial charge < -0.3 is 4.90 Å². The second-order valence-electron chi connectivity index (χ2n) is 4.72. The fourth-order valence-corrected chi connectivity index (χ4v) is 1.88. The van der Waals surface area contributed by atoms with Crippen molar-refractivity contribution in [2.24, 2.45) is 0 Å². The average molecular weight is 192 g/mol. The number of fused-ring (bicyclic) bond motifs is 1. The molecule has 2 rings (SSSR count). The molecule has 76 valence electrons. The van der Waals surface area contributed by atoms with E-state index in [1.807, 2.05) is 23.2 Å². The van der Waals surface area contributed by atoms with Crippen LogP contribution in [0.5, 0.6) is 0 Å². The summed E-state index contributed by atoms with van der Waals surface area (Å²) in [6.45, 7) is 7.03. The van der Waals surface area contributed by atoms with E-state index in [0.717, 1.165) is 18.7 Å². The lowest BCUT2D eigenvalue weighted by molar-refractivity contribution is 0.138. The number of amides is 1. The molecule has 3 nitrogen and oxygen atoms in total. The Kier molecular flexibility index (Phi) is 1.91. The molecule has 1 amide bonds. The van der Waals surface area contributed by atoms with Crippen LogP contribution in [0.3, 0.4) is 0 Å². The van der Waals surface area contributed by atoms with Crippen LogP contribution in [-0.4, -0.2) is 27.6 Å². The first kappa shape index (κ1) is 9.31. The van der Waals surface area contributed by atoms with Crippen molar-refractivity contribution in [3.63, 3.8) is 0 Å². The number of rotatable bonds is 0. The summed E-state index contributed by atoms with van der Waals surface area (Å²) in [4.78, 5) is 13.9. The molecule has 0 aliphatic carbocycles. The molecule has 0 radical (unpaired) electrons. The Balaban J connectivity index is 2.35. The normalized spacial score (nSPS) is 17.1. The van der Waals surface area contributed by atoms with Crippen LogP contribution in [0.4, 0.5) is 4.79 Å². The Hall–Kier alpha value is -1.25. The predicted octanol–water partition coefficient (Wildman–Crippen LogP) is 2.11. The van der Waals surface area contributed by atoms with Gasteiger partial charge in [-0.15, -0.1) is 0 Å². The summed E-state index contributed by atoms with van der Waals surface area (Å²) < 4.78 is 1.74. The number of hydrogen-bond donors (Lipinski definition) is 0. The highest BCUT2D eigenvalue weighted by molar-refractivity contribution is 5.79. The summed E-state index contributed by atoms with van der Waals surface area (Å²) in [5.74, 6) is 0. The van der Waals surface area contributed by atoms with E-state index >= 15 is 0 Å². The summed E-state index contributed by atoms with van der Waals surface area (Å²) in [5.41, 5.74) is 1.04. The van der Waals surface area contributed by atoms with Crippen LogP contribution in [0.1, 0.15) is 26.5 Å². The molecule has 0 spiro atoms. The van der Waals surface area contributed by atoms with Crippen LogP contribution < -0.4 is 0 Å². The second kappa shape index (κ2) is 2.87. The maximum Gasteiger partial charge on any atom is 0.328 e. The molecular formula is C11H16N2O. The lowest BCUT2D eigenvalue weighted by Gasteiger charge is -2.38. The van der Waals surface area contributed by atoms with Crippen molar-refractivity contribution in [1.29, 1.82) is 0 Å². The van der Waals surface area contributed by atoms with Gasteiger partial charge in [0.2, 0.25) is 0 Å². The molecule has 14 heavy (non-hydrogen) atoms. The standard InChI is InChI=1S/C11H16N2O/c1-11(2,3)13-8-6-9-5-4-7-12(9)10(13)14/h4-5,7H,6,8H2,1-3H3. The molecule has 0 atom stereocenters. The molecule has 2 heterocycles. The minimum Gasteiger partial charge on any atom is -0.319 e. The Bertz CT molecular complexity index is 360. The summed E-state index contributed by atoms with van der Waals surface area (Å²) in [6.07, 6.45) is 2.80. The number of aromatic nitrogens is 1. The van der Waals surface area contributed by atoms with Gasteiger partial charge in [-0.05, 0) is 32.9 Å². The highest BCUT2D eigenvalue weighted by Crippen LogP contribution is 2.21. The molecule has 3 heteroatoms. The van der Waals surface area contributed by atoms with E-state index < -0.39 is 0 Å². The molecule has 1 aromatic rings. The van der Waals surface area contributed by atoms with Crippen LogP contribution in [0, 0.1) is 0 Å². The number of hydrogen-bond acceptors (Lipinski definition) is 1. The van der Waals surface area contributed by atoms with E-state index in [-0.39, 0.29) is 11.6 Å². The van der Waals surface area contributed by atoms with Crippen LogP contribution in [0.15, 0.2) is 18.3 Å². The Morgan fingerprint density at radius 2 is 2.07 bits per heavy atom. The Morgan fingerprint density at radius 3 is 2.71 bits per heavy atom. The van der Waals surface area contributed by atoms with Crippen LogP contribution in [0.2, 0.25) is 0 Å². The molecule has 0 aromatic carbocycles. The van der Waals surface area contributed by atoms with Crippen molar-refractivity contribution in [1.82, 2.24) is 9.47 Å². The average Bonchev–Trinajstić information content (AvgIpc) is 2.50. The van der Waals surface area contributed by atoms with Gasteiger partial charge in [-0.2, -0.15) is 0 Å². The van der Waals surface area contributed by atoms with Crippen molar-refractivity contribution in [2.75, 3.05) is 6.54 Å². The minimum absolute atomic E-state index is 0.0843. The van der Waals surface area contributed by atoms with E-state index in [9.17, 15) is 4.79 Å². The molecule has 0 fully saturated rings. The van der Waals surface area contributed by atoms with Crippen LogP contribution in [-0.2, 0) is 6.42 Å². The van der Waals surface area contributed by atoms with Gasteiger partial charge in [0.15, 0.2) is 0 Å². The molecular weight excluding hydrogens is 176 g/mol. The zero-order valence-corrected chi connectivity index (χ0v) is 8.95. The zero-order chi connectivity index (χ0) is 10.3. The molecule has 0 bridgehead atoms. The van der Waals surface area contributed by atoms with E-state index in [0.29, 0.717) is 0 Å². The fraction of sp³-hybridized carbons (Fsp3) is 0.545. The molecule has 0 N–H and O–H groups in total. The van der Waals surface area contributed by atoms with Crippen molar-refractivity contribution in [3.05, 3.63) is 24.0 Å². The van der Waals surface area contributed by atoms with Gasteiger partial charge in [0.25, 0.3) is 0 Å². The van der Waals surface area contributed by atoms with Gasteiger partial charge >= 0.3 is 6.03 Å².